The van der Waals surface area contributed by atoms with Gasteiger partial charge < -0.3 is 4.90 Å². The Bertz CT molecular complexity index is 448. The van der Waals surface area contributed by atoms with Crippen LogP contribution in [0.3, 0.4) is 0 Å². The molecule has 2 saturated heterocycles. The van der Waals surface area contributed by atoms with E-state index in [1.807, 2.05) is 18.5 Å². The van der Waals surface area contributed by atoms with Gasteiger partial charge in [0.1, 0.15) is 4.32 Å². The summed E-state index contributed by atoms with van der Waals surface area (Å²) in [6.07, 6.45) is 6.50. The molecule has 3 rings (SSSR count). The molecule has 0 bridgehead atoms. The molecule has 3 heterocycles. The summed E-state index contributed by atoms with van der Waals surface area (Å²) in [5, 5.41) is 0.822. The van der Waals surface area contributed by atoms with Gasteiger partial charge in [0.2, 0.25) is 0 Å². The second kappa shape index (κ2) is 7.11. The molecule has 0 saturated carbocycles. The molecule has 0 aromatic carbocycles. The van der Waals surface area contributed by atoms with Gasteiger partial charge >= 0.3 is 0 Å². The first-order valence-electron chi connectivity index (χ1n) is 6.96. The number of thioether (sulfide) groups is 2. The van der Waals surface area contributed by atoms with Crippen molar-refractivity contribution in [2.24, 2.45) is 0 Å². The maximum Gasteiger partial charge on any atom is 0.138 e. The Morgan fingerprint density at radius 2 is 2.40 bits per heavy atom. The molecule has 0 spiro atoms. The third kappa shape index (κ3) is 3.87. The molecule has 2 aliphatic heterocycles. The summed E-state index contributed by atoms with van der Waals surface area (Å²) in [6.45, 7) is 3.02. The number of aromatic nitrogens is 1. The Hall–Kier alpha value is -0.300. The third-order valence-corrected chi connectivity index (χ3v) is 6.57. The lowest BCUT2D eigenvalue weighted by Crippen LogP contribution is -2.46. The molecule has 0 amide bonds. The number of hydrogen-bond acceptors (Lipinski definition) is 5. The molecule has 1 atom stereocenters. The maximum atomic E-state index is 5.50. The van der Waals surface area contributed by atoms with Crippen LogP contribution in [0.25, 0.3) is 0 Å². The summed E-state index contributed by atoms with van der Waals surface area (Å²) >= 11 is 9.42. The Balaban J connectivity index is 1.57. The van der Waals surface area contributed by atoms with Crippen LogP contribution in [0.5, 0.6) is 0 Å². The first-order chi connectivity index (χ1) is 9.81. The molecule has 0 N–H and O–H groups in total. The zero-order chi connectivity index (χ0) is 13.8. The summed E-state index contributed by atoms with van der Waals surface area (Å²) < 4.78 is 1.02. The van der Waals surface area contributed by atoms with E-state index in [2.05, 4.69) is 32.6 Å². The van der Waals surface area contributed by atoms with Crippen LogP contribution in [-0.2, 0) is 6.54 Å². The average molecular weight is 326 g/mol. The molecule has 1 aromatic rings. The topological polar surface area (TPSA) is 19.4 Å². The SMILES string of the molecule is S=C1SCN(CC2CCCS2)CN1Cc1cccnc1. The number of thiocarbonyl (C=S) groups is 1. The van der Waals surface area contributed by atoms with E-state index < -0.39 is 0 Å². The quantitative estimate of drug-likeness (QED) is 0.787. The van der Waals surface area contributed by atoms with Gasteiger partial charge in [-0.15, -0.1) is 0 Å². The van der Waals surface area contributed by atoms with Crippen LogP contribution in [0.15, 0.2) is 24.5 Å². The number of rotatable bonds is 4. The van der Waals surface area contributed by atoms with E-state index in [9.17, 15) is 0 Å². The zero-order valence-electron chi connectivity index (χ0n) is 11.4. The van der Waals surface area contributed by atoms with Gasteiger partial charge in [0.25, 0.3) is 0 Å². The van der Waals surface area contributed by atoms with Gasteiger partial charge in [-0.25, -0.2) is 0 Å². The predicted octanol–water partition coefficient (Wildman–Crippen LogP) is 3.03. The summed E-state index contributed by atoms with van der Waals surface area (Å²) in [5.41, 5.74) is 1.23. The summed E-state index contributed by atoms with van der Waals surface area (Å²) in [7, 11) is 0. The van der Waals surface area contributed by atoms with Crippen LogP contribution in [0.2, 0.25) is 0 Å². The highest BCUT2D eigenvalue weighted by Gasteiger charge is 2.25. The minimum Gasteiger partial charge on any atom is -0.340 e. The molecule has 2 fully saturated rings. The second-order valence-corrected chi connectivity index (χ2v) is 8.22. The summed E-state index contributed by atoms with van der Waals surface area (Å²) in [6, 6.07) is 4.11. The molecule has 6 heteroatoms. The largest absolute Gasteiger partial charge is 0.340 e. The molecular formula is C14H19N3S3. The maximum absolute atomic E-state index is 5.50. The van der Waals surface area contributed by atoms with E-state index in [4.69, 9.17) is 12.2 Å². The highest BCUT2D eigenvalue weighted by molar-refractivity contribution is 8.22. The molecule has 3 nitrogen and oxygen atoms in total. The fourth-order valence-electron chi connectivity index (χ4n) is 2.59. The molecule has 108 valence electrons. The van der Waals surface area contributed by atoms with Crippen LogP contribution in [0, 0.1) is 0 Å². The molecule has 0 aliphatic carbocycles. The highest BCUT2D eigenvalue weighted by atomic mass is 32.2. The lowest BCUT2D eigenvalue weighted by Gasteiger charge is -2.37. The van der Waals surface area contributed by atoms with Gasteiger partial charge in [-0.1, -0.05) is 30.0 Å². The third-order valence-electron chi connectivity index (χ3n) is 3.58. The van der Waals surface area contributed by atoms with Crippen molar-refractivity contribution in [3.63, 3.8) is 0 Å². The van der Waals surface area contributed by atoms with E-state index in [1.165, 1.54) is 30.7 Å². The van der Waals surface area contributed by atoms with Crippen LogP contribution >= 0.6 is 35.7 Å². The second-order valence-electron chi connectivity index (χ2n) is 5.23. The van der Waals surface area contributed by atoms with E-state index in [0.717, 1.165) is 28.7 Å². The van der Waals surface area contributed by atoms with E-state index in [0.29, 0.717) is 0 Å². The molecule has 2 aliphatic rings. The minimum atomic E-state index is 0.822. The number of hydrogen-bond donors (Lipinski definition) is 0. The molecule has 1 aromatic heterocycles. The van der Waals surface area contributed by atoms with Gasteiger partial charge in [0.15, 0.2) is 0 Å². The minimum absolute atomic E-state index is 0.822. The summed E-state index contributed by atoms with van der Waals surface area (Å²) in [5.74, 6) is 2.38. The van der Waals surface area contributed by atoms with Crippen molar-refractivity contribution in [3.8, 4) is 0 Å². The fraction of sp³-hybridized carbons (Fsp3) is 0.571. The van der Waals surface area contributed by atoms with Crippen molar-refractivity contribution in [2.45, 2.75) is 24.6 Å². The van der Waals surface area contributed by atoms with Crippen molar-refractivity contribution in [3.05, 3.63) is 30.1 Å². The van der Waals surface area contributed by atoms with Crippen LogP contribution in [0.4, 0.5) is 0 Å². The van der Waals surface area contributed by atoms with Crippen molar-refractivity contribution >= 4 is 40.1 Å². The lowest BCUT2D eigenvalue weighted by atomic mass is 10.2. The standard InChI is InChI=1S/C14H19N3S3/c18-14-17(8-12-3-1-5-15-7-12)10-16(11-20-14)9-13-4-2-6-19-13/h1,3,5,7,13H,2,4,6,8-11H2. The fourth-order valence-corrected chi connectivity index (χ4v) is 4.97. The van der Waals surface area contributed by atoms with E-state index in [-0.39, 0.29) is 0 Å². The van der Waals surface area contributed by atoms with E-state index >= 15 is 0 Å². The van der Waals surface area contributed by atoms with Gasteiger partial charge in [-0.2, -0.15) is 11.8 Å². The van der Waals surface area contributed by atoms with Crippen LogP contribution < -0.4 is 0 Å². The zero-order valence-corrected chi connectivity index (χ0v) is 13.9. The molecule has 20 heavy (non-hydrogen) atoms. The van der Waals surface area contributed by atoms with Gasteiger partial charge in [-0.05, 0) is 30.2 Å². The first kappa shape index (κ1) is 14.6. The number of nitrogens with zero attached hydrogens (tertiary/aromatic N) is 3. The van der Waals surface area contributed by atoms with Crippen LogP contribution in [-0.4, -0.2) is 49.2 Å². The Morgan fingerprint density at radius 1 is 1.45 bits per heavy atom. The Kier molecular flexibility index (Phi) is 5.20. The lowest BCUT2D eigenvalue weighted by molar-refractivity contribution is 0.207. The van der Waals surface area contributed by atoms with Gasteiger partial charge in [-0.3, -0.25) is 9.88 Å². The van der Waals surface area contributed by atoms with Gasteiger partial charge in [0, 0.05) is 30.7 Å². The van der Waals surface area contributed by atoms with Crippen molar-refractivity contribution in [1.29, 1.82) is 0 Å². The summed E-state index contributed by atoms with van der Waals surface area (Å²) in [4.78, 5) is 9.00. The van der Waals surface area contributed by atoms with Gasteiger partial charge in [0.05, 0.1) is 12.5 Å². The molecule has 1 unspecified atom stereocenters. The Morgan fingerprint density at radius 3 is 3.15 bits per heavy atom. The highest BCUT2D eigenvalue weighted by Crippen LogP contribution is 2.29. The normalized spacial score (nSPS) is 24.3. The van der Waals surface area contributed by atoms with Crippen molar-refractivity contribution < 1.29 is 0 Å². The van der Waals surface area contributed by atoms with Crippen LogP contribution in [0.1, 0.15) is 18.4 Å². The first-order valence-corrected chi connectivity index (χ1v) is 9.40. The number of pyridine rings is 1. The average Bonchev–Trinajstić information content (AvgIpc) is 2.97. The molecular weight excluding hydrogens is 306 g/mol. The Labute approximate surface area is 134 Å². The van der Waals surface area contributed by atoms with Crippen molar-refractivity contribution in [1.82, 2.24) is 14.8 Å². The smallest absolute Gasteiger partial charge is 0.138 e. The predicted molar refractivity (Wildman–Crippen MR) is 91.9 cm³/mol. The van der Waals surface area contributed by atoms with E-state index in [1.54, 1.807) is 11.8 Å². The molecule has 0 radical (unpaired) electrons. The van der Waals surface area contributed by atoms with Crippen molar-refractivity contribution in [2.75, 3.05) is 24.8 Å². The monoisotopic (exact) mass is 325 g/mol.